The van der Waals surface area contributed by atoms with E-state index in [4.69, 9.17) is 9.88 Å². The Bertz CT molecular complexity index is 1140. The van der Waals surface area contributed by atoms with E-state index in [1.54, 1.807) is 19.9 Å². The first-order chi connectivity index (χ1) is 13.8. The molecular weight excluding hydrogens is 388 g/mol. The Labute approximate surface area is 170 Å². The van der Waals surface area contributed by atoms with Gasteiger partial charge in [0.1, 0.15) is 5.75 Å². The highest BCUT2D eigenvalue weighted by Crippen LogP contribution is 2.29. The van der Waals surface area contributed by atoms with Crippen molar-refractivity contribution in [2.24, 2.45) is 5.14 Å². The fourth-order valence-electron chi connectivity index (χ4n) is 2.90. The van der Waals surface area contributed by atoms with E-state index < -0.39 is 15.9 Å². The molecule has 3 aromatic rings. The van der Waals surface area contributed by atoms with Gasteiger partial charge in [0.15, 0.2) is 6.61 Å². The van der Waals surface area contributed by atoms with Gasteiger partial charge >= 0.3 is 0 Å². The number of hydrogen-bond donors (Lipinski definition) is 2. The Kier molecular flexibility index (Phi) is 6.00. The van der Waals surface area contributed by atoms with Crippen LogP contribution >= 0.6 is 0 Å². The number of carbonyl (C=O) groups is 1. The summed E-state index contributed by atoms with van der Waals surface area (Å²) in [5.74, 6) is 0.182. The third-order valence-electron chi connectivity index (χ3n) is 4.57. The largest absolute Gasteiger partial charge is 0.483 e. The first-order valence-corrected chi connectivity index (χ1v) is 10.5. The fourth-order valence-corrected chi connectivity index (χ4v) is 3.52. The minimum absolute atomic E-state index is 0.0498. The molecule has 0 radical (unpaired) electrons. The van der Waals surface area contributed by atoms with Crippen molar-refractivity contribution in [2.75, 3.05) is 11.9 Å². The second-order valence-corrected chi connectivity index (χ2v) is 8.22. The number of ether oxygens (including phenoxy) is 1. The van der Waals surface area contributed by atoms with Gasteiger partial charge in [0.05, 0.1) is 4.90 Å². The van der Waals surface area contributed by atoms with Gasteiger partial charge in [0, 0.05) is 11.3 Å². The van der Waals surface area contributed by atoms with Crippen LogP contribution in [-0.2, 0) is 14.8 Å². The van der Waals surface area contributed by atoms with Crippen LogP contribution in [0.25, 0.3) is 11.1 Å². The molecule has 0 atom stereocenters. The van der Waals surface area contributed by atoms with Crippen LogP contribution in [0.5, 0.6) is 5.75 Å². The van der Waals surface area contributed by atoms with Crippen molar-refractivity contribution in [2.45, 2.75) is 18.7 Å². The van der Waals surface area contributed by atoms with Crippen molar-refractivity contribution in [1.29, 1.82) is 0 Å². The molecule has 3 aromatic carbocycles. The lowest BCUT2D eigenvalue weighted by atomic mass is 10.1. The summed E-state index contributed by atoms with van der Waals surface area (Å²) in [6.45, 7) is 3.33. The minimum Gasteiger partial charge on any atom is -0.483 e. The molecule has 29 heavy (non-hydrogen) atoms. The number of nitrogens with one attached hydrogen (secondary N) is 1. The molecule has 0 fully saturated rings. The zero-order valence-corrected chi connectivity index (χ0v) is 17.0. The second-order valence-electron chi connectivity index (χ2n) is 6.66. The number of carbonyl (C=O) groups excluding carboxylic acids is 1. The highest BCUT2D eigenvalue weighted by molar-refractivity contribution is 7.89. The molecule has 3 N–H and O–H groups in total. The lowest BCUT2D eigenvalue weighted by Crippen LogP contribution is -2.21. The molecule has 3 rings (SSSR count). The van der Waals surface area contributed by atoms with Gasteiger partial charge in [-0.3, -0.25) is 4.79 Å². The van der Waals surface area contributed by atoms with Crippen molar-refractivity contribution in [3.8, 4) is 16.9 Å². The molecule has 0 aliphatic carbocycles. The number of hydrogen-bond acceptors (Lipinski definition) is 4. The van der Waals surface area contributed by atoms with Crippen LogP contribution < -0.4 is 15.2 Å². The summed E-state index contributed by atoms with van der Waals surface area (Å²) in [7, 11) is -3.87. The Hall–Kier alpha value is -3.16. The zero-order chi connectivity index (χ0) is 21.0. The van der Waals surface area contributed by atoms with E-state index in [0.717, 1.165) is 16.7 Å². The summed E-state index contributed by atoms with van der Waals surface area (Å²) in [5.41, 5.74) is 3.72. The number of sulfonamides is 1. The molecule has 0 aliphatic heterocycles. The Morgan fingerprint density at radius 1 is 1.00 bits per heavy atom. The van der Waals surface area contributed by atoms with Crippen LogP contribution in [0.1, 0.15) is 11.1 Å². The molecule has 0 unspecified atom stereocenters. The smallest absolute Gasteiger partial charge is 0.262 e. The lowest BCUT2D eigenvalue weighted by Gasteiger charge is -2.14. The van der Waals surface area contributed by atoms with E-state index in [9.17, 15) is 13.2 Å². The topological polar surface area (TPSA) is 98.5 Å². The number of para-hydroxylation sites is 1. The molecule has 7 heteroatoms. The summed E-state index contributed by atoms with van der Waals surface area (Å²) in [5, 5.41) is 7.93. The van der Waals surface area contributed by atoms with Crippen molar-refractivity contribution in [1.82, 2.24) is 0 Å². The number of amides is 1. The summed E-state index contributed by atoms with van der Waals surface area (Å²) in [4.78, 5) is 12.4. The Morgan fingerprint density at radius 3 is 2.34 bits per heavy atom. The van der Waals surface area contributed by atoms with Crippen LogP contribution in [0.2, 0.25) is 0 Å². The number of rotatable bonds is 6. The predicted molar refractivity (Wildman–Crippen MR) is 113 cm³/mol. The Morgan fingerprint density at radius 2 is 1.66 bits per heavy atom. The normalized spacial score (nSPS) is 11.1. The van der Waals surface area contributed by atoms with Crippen LogP contribution in [0.3, 0.4) is 0 Å². The maximum absolute atomic E-state index is 12.4. The minimum atomic E-state index is -3.87. The number of primary sulfonamides is 1. The molecule has 6 nitrogen and oxygen atoms in total. The number of anilines is 1. The van der Waals surface area contributed by atoms with E-state index in [-0.39, 0.29) is 11.5 Å². The van der Waals surface area contributed by atoms with E-state index in [0.29, 0.717) is 17.0 Å². The molecule has 150 valence electrons. The number of benzene rings is 3. The molecular formula is C22H22N2O4S. The zero-order valence-electron chi connectivity index (χ0n) is 16.2. The summed E-state index contributed by atoms with van der Waals surface area (Å²) in [6.07, 6.45) is 0. The number of nitrogens with two attached hydrogens (primary N) is 1. The third kappa shape index (κ3) is 5.01. The van der Waals surface area contributed by atoms with Gasteiger partial charge in [0.2, 0.25) is 10.0 Å². The summed E-state index contributed by atoms with van der Waals surface area (Å²) >= 11 is 0. The summed E-state index contributed by atoms with van der Waals surface area (Å²) in [6, 6.07) is 20.0. The van der Waals surface area contributed by atoms with Crippen LogP contribution in [0, 0.1) is 13.8 Å². The SMILES string of the molecule is Cc1cc(S(N)(=O)=O)cc(NC(=O)COc2ccccc2-c2ccccc2)c1C. The van der Waals surface area contributed by atoms with Gasteiger partial charge in [-0.1, -0.05) is 48.5 Å². The highest BCUT2D eigenvalue weighted by atomic mass is 32.2. The van der Waals surface area contributed by atoms with Gasteiger partial charge in [-0.05, 0) is 48.7 Å². The van der Waals surface area contributed by atoms with Crippen molar-refractivity contribution in [3.63, 3.8) is 0 Å². The molecule has 0 saturated carbocycles. The molecule has 0 saturated heterocycles. The van der Waals surface area contributed by atoms with Crippen LogP contribution in [0.15, 0.2) is 71.6 Å². The van der Waals surface area contributed by atoms with E-state index in [2.05, 4.69) is 5.32 Å². The maximum atomic E-state index is 12.4. The van der Waals surface area contributed by atoms with Crippen molar-refractivity contribution in [3.05, 3.63) is 77.9 Å². The van der Waals surface area contributed by atoms with E-state index in [1.807, 2.05) is 48.5 Å². The maximum Gasteiger partial charge on any atom is 0.262 e. The highest BCUT2D eigenvalue weighted by Gasteiger charge is 2.15. The van der Waals surface area contributed by atoms with Crippen LogP contribution in [0.4, 0.5) is 5.69 Å². The van der Waals surface area contributed by atoms with E-state index >= 15 is 0 Å². The van der Waals surface area contributed by atoms with Crippen molar-refractivity contribution >= 4 is 21.6 Å². The molecule has 0 spiro atoms. The van der Waals surface area contributed by atoms with Gasteiger partial charge in [-0.15, -0.1) is 0 Å². The standard InChI is InChI=1S/C22H22N2O4S/c1-15-12-18(29(23,26)27)13-20(16(15)2)24-22(25)14-28-21-11-7-6-10-19(21)17-8-4-3-5-9-17/h3-13H,14H2,1-2H3,(H,24,25)(H2,23,26,27). The quantitative estimate of drug-likeness (QED) is 0.648. The van der Waals surface area contributed by atoms with Crippen LogP contribution in [-0.4, -0.2) is 20.9 Å². The van der Waals surface area contributed by atoms with Gasteiger partial charge < -0.3 is 10.1 Å². The number of aryl methyl sites for hydroxylation is 1. The van der Waals surface area contributed by atoms with Crippen molar-refractivity contribution < 1.29 is 17.9 Å². The van der Waals surface area contributed by atoms with Gasteiger partial charge in [-0.25, -0.2) is 13.6 Å². The monoisotopic (exact) mass is 410 g/mol. The average molecular weight is 410 g/mol. The molecule has 0 bridgehead atoms. The van der Waals surface area contributed by atoms with E-state index in [1.165, 1.54) is 12.1 Å². The summed E-state index contributed by atoms with van der Waals surface area (Å²) < 4.78 is 29.1. The van der Waals surface area contributed by atoms with Gasteiger partial charge in [-0.2, -0.15) is 0 Å². The molecule has 0 aliphatic rings. The fraction of sp³-hybridized carbons (Fsp3) is 0.136. The molecule has 0 heterocycles. The first-order valence-electron chi connectivity index (χ1n) is 8.97. The predicted octanol–water partition coefficient (Wildman–Crippen LogP) is 3.64. The second kappa shape index (κ2) is 8.46. The lowest BCUT2D eigenvalue weighted by molar-refractivity contribution is -0.118. The average Bonchev–Trinajstić information content (AvgIpc) is 2.70. The Balaban J connectivity index is 1.76. The molecule has 1 amide bonds. The third-order valence-corrected chi connectivity index (χ3v) is 5.47. The molecule has 0 aromatic heterocycles. The van der Waals surface area contributed by atoms with Gasteiger partial charge in [0.25, 0.3) is 5.91 Å². The first kappa shape index (κ1) is 20.6.